The molecule has 5 heteroatoms. The minimum atomic E-state index is 0.0531. The van der Waals surface area contributed by atoms with E-state index in [0.29, 0.717) is 35.0 Å². The van der Waals surface area contributed by atoms with Crippen molar-refractivity contribution in [2.45, 2.75) is 19.3 Å². The summed E-state index contributed by atoms with van der Waals surface area (Å²) >= 11 is 0. The standard InChI is InChI=1S/C14H18O5/c1-16-11-8-6-5-7-9(15)10(8)12(17-2)14(19-4)13(11)18-3/h5-7H2,1-4H3. The first kappa shape index (κ1) is 13.5. The van der Waals surface area contributed by atoms with E-state index in [2.05, 4.69) is 0 Å². The van der Waals surface area contributed by atoms with Gasteiger partial charge in [-0.3, -0.25) is 4.79 Å². The normalized spacial score (nSPS) is 13.8. The van der Waals surface area contributed by atoms with E-state index in [4.69, 9.17) is 18.9 Å². The van der Waals surface area contributed by atoms with Crippen molar-refractivity contribution in [2.75, 3.05) is 28.4 Å². The van der Waals surface area contributed by atoms with E-state index >= 15 is 0 Å². The molecular weight excluding hydrogens is 248 g/mol. The molecule has 0 spiro atoms. The maximum absolute atomic E-state index is 12.2. The summed E-state index contributed by atoms with van der Waals surface area (Å²) in [6.45, 7) is 0. The van der Waals surface area contributed by atoms with Crippen LogP contribution in [0.3, 0.4) is 0 Å². The minimum absolute atomic E-state index is 0.0531. The molecule has 0 unspecified atom stereocenters. The number of rotatable bonds is 4. The second-order valence-corrected chi connectivity index (χ2v) is 4.26. The molecule has 2 rings (SSSR count). The lowest BCUT2D eigenvalue weighted by Gasteiger charge is -2.24. The number of ether oxygens (including phenoxy) is 4. The molecule has 5 nitrogen and oxygen atoms in total. The van der Waals surface area contributed by atoms with Crippen LogP contribution in [0.4, 0.5) is 0 Å². The van der Waals surface area contributed by atoms with Gasteiger partial charge in [0.05, 0.1) is 34.0 Å². The van der Waals surface area contributed by atoms with Crippen molar-refractivity contribution < 1.29 is 23.7 Å². The highest BCUT2D eigenvalue weighted by Gasteiger charge is 2.32. The van der Waals surface area contributed by atoms with Crippen LogP contribution in [0.5, 0.6) is 23.0 Å². The van der Waals surface area contributed by atoms with Crippen LogP contribution in [0, 0.1) is 0 Å². The van der Waals surface area contributed by atoms with E-state index in [-0.39, 0.29) is 5.78 Å². The van der Waals surface area contributed by atoms with Crippen LogP contribution < -0.4 is 18.9 Å². The third-order valence-corrected chi connectivity index (χ3v) is 3.35. The molecule has 104 valence electrons. The SMILES string of the molecule is COc1c2c(c(OC)c(OC)c1OC)C(=O)CCC2. The van der Waals surface area contributed by atoms with Gasteiger partial charge in [0.1, 0.15) is 0 Å². The molecule has 1 aliphatic carbocycles. The maximum atomic E-state index is 12.2. The lowest BCUT2D eigenvalue weighted by atomic mass is 9.88. The molecule has 0 fully saturated rings. The van der Waals surface area contributed by atoms with Gasteiger partial charge in [-0.15, -0.1) is 0 Å². The average molecular weight is 266 g/mol. The molecular formula is C14H18O5. The fourth-order valence-corrected chi connectivity index (χ4v) is 2.57. The zero-order chi connectivity index (χ0) is 14.0. The minimum Gasteiger partial charge on any atom is -0.492 e. The summed E-state index contributed by atoms with van der Waals surface area (Å²) in [4.78, 5) is 12.2. The summed E-state index contributed by atoms with van der Waals surface area (Å²) in [6, 6.07) is 0. The Morgan fingerprint density at radius 2 is 1.26 bits per heavy atom. The summed E-state index contributed by atoms with van der Waals surface area (Å²) in [5, 5.41) is 0. The van der Waals surface area contributed by atoms with Gasteiger partial charge in [-0.25, -0.2) is 0 Å². The van der Waals surface area contributed by atoms with Crippen LogP contribution >= 0.6 is 0 Å². The Morgan fingerprint density at radius 3 is 1.79 bits per heavy atom. The zero-order valence-corrected chi connectivity index (χ0v) is 11.7. The van der Waals surface area contributed by atoms with Gasteiger partial charge in [0.15, 0.2) is 17.3 Å². The van der Waals surface area contributed by atoms with Crippen molar-refractivity contribution in [1.29, 1.82) is 0 Å². The summed E-state index contributed by atoms with van der Waals surface area (Å²) in [7, 11) is 6.13. The van der Waals surface area contributed by atoms with Crippen LogP contribution in [-0.4, -0.2) is 34.2 Å². The molecule has 0 radical (unpaired) electrons. The Bertz CT molecular complexity index is 482. The average Bonchev–Trinajstić information content (AvgIpc) is 2.44. The lowest BCUT2D eigenvalue weighted by Crippen LogP contribution is -2.15. The van der Waals surface area contributed by atoms with Gasteiger partial charge in [0, 0.05) is 12.0 Å². The summed E-state index contributed by atoms with van der Waals surface area (Å²) < 4.78 is 21.5. The van der Waals surface area contributed by atoms with Gasteiger partial charge >= 0.3 is 0 Å². The Hall–Kier alpha value is -1.91. The highest BCUT2D eigenvalue weighted by atomic mass is 16.5. The molecule has 0 bridgehead atoms. The summed E-state index contributed by atoms with van der Waals surface area (Å²) in [5.41, 5.74) is 1.40. The Balaban J connectivity index is 2.83. The number of hydrogen-bond acceptors (Lipinski definition) is 5. The third kappa shape index (κ3) is 1.99. The monoisotopic (exact) mass is 266 g/mol. The van der Waals surface area contributed by atoms with Crippen LogP contribution in [0.1, 0.15) is 28.8 Å². The van der Waals surface area contributed by atoms with E-state index in [1.807, 2.05) is 0 Å². The quantitative estimate of drug-likeness (QED) is 0.836. The van der Waals surface area contributed by atoms with Gasteiger partial charge in [-0.05, 0) is 12.8 Å². The molecule has 19 heavy (non-hydrogen) atoms. The molecule has 0 saturated heterocycles. The van der Waals surface area contributed by atoms with Crippen molar-refractivity contribution in [1.82, 2.24) is 0 Å². The van der Waals surface area contributed by atoms with Gasteiger partial charge < -0.3 is 18.9 Å². The second-order valence-electron chi connectivity index (χ2n) is 4.26. The number of ketones is 1. The smallest absolute Gasteiger partial charge is 0.208 e. The van der Waals surface area contributed by atoms with Gasteiger partial charge in [-0.2, -0.15) is 0 Å². The molecule has 0 atom stereocenters. The molecule has 0 N–H and O–H groups in total. The van der Waals surface area contributed by atoms with Crippen molar-refractivity contribution in [3.8, 4) is 23.0 Å². The number of methoxy groups -OCH3 is 4. The zero-order valence-electron chi connectivity index (χ0n) is 11.7. The number of carbonyl (C=O) groups excluding carboxylic acids is 1. The van der Waals surface area contributed by atoms with Gasteiger partial charge in [0.25, 0.3) is 0 Å². The van der Waals surface area contributed by atoms with Crippen LogP contribution in [0.25, 0.3) is 0 Å². The lowest BCUT2D eigenvalue weighted by molar-refractivity contribution is 0.0967. The Morgan fingerprint density at radius 1 is 0.737 bits per heavy atom. The number of fused-ring (bicyclic) bond motifs is 1. The fourth-order valence-electron chi connectivity index (χ4n) is 2.57. The maximum Gasteiger partial charge on any atom is 0.208 e. The molecule has 1 aromatic rings. The van der Waals surface area contributed by atoms with E-state index in [0.717, 1.165) is 18.4 Å². The number of carbonyl (C=O) groups is 1. The van der Waals surface area contributed by atoms with E-state index in [1.54, 1.807) is 7.11 Å². The highest BCUT2D eigenvalue weighted by molar-refractivity contribution is 6.03. The van der Waals surface area contributed by atoms with Crippen LogP contribution in [0.2, 0.25) is 0 Å². The molecule has 1 aromatic carbocycles. The highest BCUT2D eigenvalue weighted by Crippen LogP contribution is 2.51. The number of Topliss-reactive ketones (excluding diaryl/α,β-unsaturated/α-hetero) is 1. The van der Waals surface area contributed by atoms with E-state index < -0.39 is 0 Å². The first-order valence-corrected chi connectivity index (χ1v) is 6.11. The molecule has 0 heterocycles. The van der Waals surface area contributed by atoms with Crippen LogP contribution in [-0.2, 0) is 6.42 Å². The Kier molecular flexibility index (Phi) is 3.83. The van der Waals surface area contributed by atoms with Crippen LogP contribution in [0.15, 0.2) is 0 Å². The van der Waals surface area contributed by atoms with Gasteiger partial charge in [-0.1, -0.05) is 0 Å². The fraction of sp³-hybridized carbons (Fsp3) is 0.500. The predicted octanol–water partition coefficient (Wildman–Crippen LogP) is 2.24. The number of benzene rings is 1. The van der Waals surface area contributed by atoms with E-state index in [9.17, 15) is 4.79 Å². The molecule has 0 amide bonds. The predicted molar refractivity (Wildman–Crippen MR) is 69.9 cm³/mol. The van der Waals surface area contributed by atoms with Crippen molar-refractivity contribution in [3.63, 3.8) is 0 Å². The van der Waals surface area contributed by atoms with Crippen molar-refractivity contribution in [2.24, 2.45) is 0 Å². The first-order chi connectivity index (χ1) is 9.19. The van der Waals surface area contributed by atoms with Crippen molar-refractivity contribution in [3.05, 3.63) is 11.1 Å². The van der Waals surface area contributed by atoms with Gasteiger partial charge in [0.2, 0.25) is 11.5 Å². The first-order valence-electron chi connectivity index (χ1n) is 6.11. The van der Waals surface area contributed by atoms with Crippen molar-refractivity contribution >= 4 is 5.78 Å². The molecule has 0 aromatic heterocycles. The largest absolute Gasteiger partial charge is 0.492 e. The number of hydrogen-bond donors (Lipinski definition) is 0. The molecule has 0 aliphatic heterocycles. The molecule has 0 saturated carbocycles. The summed E-state index contributed by atoms with van der Waals surface area (Å²) in [6.07, 6.45) is 2.09. The summed E-state index contributed by atoms with van der Waals surface area (Å²) in [5.74, 6) is 1.91. The Labute approximate surface area is 112 Å². The second kappa shape index (κ2) is 5.38. The van der Waals surface area contributed by atoms with E-state index in [1.165, 1.54) is 21.3 Å². The topological polar surface area (TPSA) is 54.0 Å². The molecule has 1 aliphatic rings. The third-order valence-electron chi connectivity index (χ3n) is 3.35.